The zero-order chi connectivity index (χ0) is 21.9. The van der Waals surface area contributed by atoms with Crippen LogP contribution in [-0.4, -0.2) is 32.8 Å². The highest BCUT2D eigenvalue weighted by Gasteiger charge is 2.30. The predicted octanol–water partition coefficient (Wildman–Crippen LogP) is 5.30. The smallest absolute Gasteiger partial charge is 0.416 e. The zero-order valence-corrected chi connectivity index (χ0v) is 16.8. The molecule has 0 aliphatic rings. The van der Waals surface area contributed by atoms with Crippen molar-refractivity contribution in [2.45, 2.75) is 19.1 Å². The molecular formula is C23H22F3NO3. The van der Waals surface area contributed by atoms with Crippen LogP contribution >= 0.6 is 0 Å². The Hall–Kier alpha value is -3.06. The van der Waals surface area contributed by atoms with Crippen LogP contribution in [0.25, 0.3) is 21.9 Å². The Morgan fingerprint density at radius 1 is 1.03 bits per heavy atom. The Morgan fingerprint density at radius 2 is 1.73 bits per heavy atom. The second-order valence-corrected chi connectivity index (χ2v) is 7.02. The summed E-state index contributed by atoms with van der Waals surface area (Å²) in [4.78, 5) is 12.5. The Labute approximate surface area is 172 Å². The van der Waals surface area contributed by atoms with E-state index in [0.717, 1.165) is 28.5 Å². The SMILES string of the molecule is COC[C@@H](C)NC(=O)c1ccc2c(-c3ccc(C(F)(F)F)cc3)cc(OC)cc2c1. The average molecular weight is 417 g/mol. The Balaban J connectivity index is 2.02. The summed E-state index contributed by atoms with van der Waals surface area (Å²) in [5, 5.41) is 4.40. The molecule has 1 N–H and O–H groups in total. The van der Waals surface area contributed by atoms with E-state index >= 15 is 0 Å². The van der Waals surface area contributed by atoms with E-state index in [4.69, 9.17) is 9.47 Å². The van der Waals surface area contributed by atoms with Gasteiger partial charge in [0.15, 0.2) is 0 Å². The van der Waals surface area contributed by atoms with Crippen LogP contribution in [0, 0.1) is 0 Å². The molecular weight excluding hydrogens is 395 g/mol. The Morgan fingerprint density at radius 3 is 2.33 bits per heavy atom. The summed E-state index contributed by atoms with van der Waals surface area (Å²) in [7, 11) is 3.08. The van der Waals surface area contributed by atoms with Crippen molar-refractivity contribution in [1.29, 1.82) is 0 Å². The molecule has 0 saturated carbocycles. The first-order valence-corrected chi connectivity index (χ1v) is 9.32. The fourth-order valence-electron chi connectivity index (χ4n) is 3.28. The lowest BCUT2D eigenvalue weighted by atomic mass is 9.95. The molecule has 0 fully saturated rings. The van der Waals surface area contributed by atoms with Crippen molar-refractivity contribution in [3.8, 4) is 16.9 Å². The third kappa shape index (κ3) is 4.74. The summed E-state index contributed by atoms with van der Waals surface area (Å²) in [6.07, 6.45) is -4.39. The van der Waals surface area contributed by atoms with Crippen molar-refractivity contribution in [2.75, 3.05) is 20.8 Å². The van der Waals surface area contributed by atoms with Gasteiger partial charge in [0.05, 0.1) is 19.3 Å². The Kier molecular flexibility index (Phi) is 6.31. The largest absolute Gasteiger partial charge is 0.497 e. The molecule has 3 aromatic carbocycles. The van der Waals surface area contributed by atoms with Gasteiger partial charge in [-0.3, -0.25) is 4.79 Å². The number of alkyl halides is 3. The number of methoxy groups -OCH3 is 2. The fraction of sp³-hybridized carbons (Fsp3) is 0.261. The summed E-state index contributed by atoms with van der Waals surface area (Å²) < 4.78 is 49.1. The van der Waals surface area contributed by atoms with Gasteiger partial charge in [-0.15, -0.1) is 0 Å². The highest BCUT2D eigenvalue weighted by atomic mass is 19.4. The van der Waals surface area contributed by atoms with Gasteiger partial charge in [0.25, 0.3) is 5.91 Å². The van der Waals surface area contributed by atoms with Gasteiger partial charge < -0.3 is 14.8 Å². The number of fused-ring (bicyclic) bond motifs is 1. The average Bonchev–Trinajstić information content (AvgIpc) is 2.72. The lowest BCUT2D eigenvalue weighted by Crippen LogP contribution is -2.35. The molecule has 7 heteroatoms. The third-order valence-corrected chi connectivity index (χ3v) is 4.74. The van der Waals surface area contributed by atoms with E-state index in [1.165, 1.54) is 19.2 Å². The molecule has 0 aromatic heterocycles. The molecule has 0 radical (unpaired) electrons. The number of rotatable bonds is 6. The predicted molar refractivity (Wildman–Crippen MR) is 110 cm³/mol. The number of nitrogens with one attached hydrogen (secondary N) is 1. The molecule has 0 heterocycles. The van der Waals surface area contributed by atoms with Crippen LogP contribution in [0.5, 0.6) is 5.75 Å². The summed E-state index contributed by atoms with van der Waals surface area (Å²) >= 11 is 0. The van der Waals surface area contributed by atoms with Gasteiger partial charge in [0, 0.05) is 18.7 Å². The van der Waals surface area contributed by atoms with E-state index < -0.39 is 11.7 Å². The van der Waals surface area contributed by atoms with Crippen molar-refractivity contribution in [1.82, 2.24) is 5.32 Å². The van der Waals surface area contributed by atoms with Gasteiger partial charge in [-0.05, 0) is 65.2 Å². The molecule has 0 bridgehead atoms. The van der Waals surface area contributed by atoms with Crippen molar-refractivity contribution in [2.24, 2.45) is 0 Å². The standard InChI is InChI=1S/C23H22F3NO3/c1-14(13-29-2)27-22(28)16-6-9-20-17(10-16)11-19(30-3)12-21(20)15-4-7-18(8-5-15)23(24,25)26/h4-12,14H,13H2,1-3H3,(H,27,28)/t14-/m1/s1. The highest BCUT2D eigenvalue weighted by molar-refractivity contribution is 6.03. The van der Waals surface area contributed by atoms with E-state index in [2.05, 4.69) is 5.32 Å². The van der Waals surface area contributed by atoms with E-state index in [0.29, 0.717) is 23.5 Å². The van der Waals surface area contributed by atoms with Crippen LogP contribution in [0.1, 0.15) is 22.8 Å². The maximum absolute atomic E-state index is 12.9. The second-order valence-electron chi connectivity index (χ2n) is 7.02. The van der Waals surface area contributed by atoms with Gasteiger partial charge in [0.1, 0.15) is 5.75 Å². The summed E-state index contributed by atoms with van der Waals surface area (Å²) in [6, 6.07) is 13.6. The number of carbonyl (C=O) groups excluding carboxylic acids is 1. The van der Waals surface area contributed by atoms with Crippen molar-refractivity contribution in [3.63, 3.8) is 0 Å². The number of hydrogen-bond donors (Lipinski definition) is 1. The van der Waals surface area contributed by atoms with Gasteiger partial charge in [-0.25, -0.2) is 0 Å². The molecule has 1 atom stereocenters. The van der Waals surface area contributed by atoms with E-state index in [9.17, 15) is 18.0 Å². The topological polar surface area (TPSA) is 47.6 Å². The first-order chi connectivity index (χ1) is 14.2. The summed E-state index contributed by atoms with van der Waals surface area (Å²) in [6.45, 7) is 2.24. The van der Waals surface area contributed by atoms with Crippen LogP contribution in [0.4, 0.5) is 13.2 Å². The van der Waals surface area contributed by atoms with Crippen LogP contribution in [-0.2, 0) is 10.9 Å². The van der Waals surface area contributed by atoms with Gasteiger partial charge in [-0.1, -0.05) is 18.2 Å². The lowest BCUT2D eigenvalue weighted by molar-refractivity contribution is -0.137. The molecule has 3 aromatic rings. The van der Waals surface area contributed by atoms with Crippen molar-refractivity contribution < 1.29 is 27.4 Å². The molecule has 0 aliphatic heterocycles. The van der Waals surface area contributed by atoms with E-state index in [1.54, 1.807) is 37.4 Å². The molecule has 0 unspecified atom stereocenters. The normalized spacial score (nSPS) is 12.6. The number of carbonyl (C=O) groups is 1. The minimum Gasteiger partial charge on any atom is -0.497 e. The molecule has 0 saturated heterocycles. The van der Waals surface area contributed by atoms with Crippen LogP contribution in [0.3, 0.4) is 0 Å². The quantitative estimate of drug-likeness (QED) is 0.592. The van der Waals surface area contributed by atoms with Crippen LogP contribution < -0.4 is 10.1 Å². The van der Waals surface area contributed by atoms with Crippen molar-refractivity contribution in [3.05, 3.63) is 65.7 Å². The third-order valence-electron chi connectivity index (χ3n) is 4.74. The first kappa shape index (κ1) is 21.6. The number of benzene rings is 3. The first-order valence-electron chi connectivity index (χ1n) is 9.32. The highest BCUT2D eigenvalue weighted by Crippen LogP contribution is 2.36. The fourth-order valence-corrected chi connectivity index (χ4v) is 3.28. The summed E-state index contributed by atoms with van der Waals surface area (Å²) in [5.74, 6) is 0.308. The maximum atomic E-state index is 12.9. The molecule has 4 nitrogen and oxygen atoms in total. The summed E-state index contributed by atoms with van der Waals surface area (Å²) in [5.41, 5.74) is 1.11. The zero-order valence-electron chi connectivity index (χ0n) is 16.8. The van der Waals surface area contributed by atoms with Crippen molar-refractivity contribution >= 4 is 16.7 Å². The van der Waals surface area contributed by atoms with E-state index in [-0.39, 0.29) is 11.9 Å². The second kappa shape index (κ2) is 8.75. The number of hydrogen-bond acceptors (Lipinski definition) is 3. The molecule has 0 aliphatic carbocycles. The van der Waals surface area contributed by atoms with Crippen LogP contribution in [0.15, 0.2) is 54.6 Å². The minimum absolute atomic E-state index is 0.147. The van der Waals surface area contributed by atoms with E-state index in [1.807, 2.05) is 6.92 Å². The van der Waals surface area contributed by atoms with Crippen LogP contribution in [0.2, 0.25) is 0 Å². The molecule has 1 amide bonds. The number of halogens is 3. The maximum Gasteiger partial charge on any atom is 0.416 e. The lowest BCUT2D eigenvalue weighted by Gasteiger charge is -2.15. The molecule has 30 heavy (non-hydrogen) atoms. The van der Waals surface area contributed by atoms with Gasteiger partial charge in [0.2, 0.25) is 0 Å². The molecule has 158 valence electrons. The minimum atomic E-state index is -4.39. The number of amides is 1. The van der Waals surface area contributed by atoms with Gasteiger partial charge in [-0.2, -0.15) is 13.2 Å². The monoisotopic (exact) mass is 417 g/mol. The Bertz CT molecular complexity index is 1050. The number of ether oxygens (including phenoxy) is 2. The molecule has 0 spiro atoms. The van der Waals surface area contributed by atoms with Gasteiger partial charge >= 0.3 is 6.18 Å². The molecule has 3 rings (SSSR count).